The fourth-order valence-corrected chi connectivity index (χ4v) is 4.15. The number of aromatic carboxylic acids is 1. The van der Waals surface area contributed by atoms with Gasteiger partial charge < -0.3 is 15.7 Å². The van der Waals surface area contributed by atoms with Crippen LogP contribution >= 0.6 is 11.6 Å². The van der Waals surface area contributed by atoms with Crippen molar-refractivity contribution in [3.63, 3.8) is 0 Å². The van der Waals surface area contributed by atoms with Gasteiger partial charge in [0, 0.05) is 50.4 Å². The van der Waals surface area contributed by atoms with E-state index in [1.807, 2.05) is 24.3 Å². The summed E-state index contributed by atoms with van der Waals surface area (Å²) >= 11 is 5.91. The molecule has 0 unspecified atom stereocenters. The molecule has 0 bridgehead atoms. The topological polar surface area (TPSA) is 95.5 Å². The Morgan fingerprint density at radius 2 is 1.14 bits per heavy atom. The van der Waals surface area contributed by atoms with Crippen LogP contribution in [-0.2, 0) is 0 Å². The Morgan fingerprint density at radius 1 is 0.649 bits per heavy atom. The molecule has 0 amide bonds. The molecule has 0 aliphatic heterocycles. The highest BCUT2D eigenvalue weighted by molar-refractivity contribution is 6.30. The van der Waals surface area contributed by atoms with Crippen molar-refractivity contribution in [2.45, 2.75) is 12.8 Å². The van der Waals surface area contributed by atoms with Gasteiger partial charge in [-0.15, -0.1) is 0 Å². The maximum atomic E-state index is 13.2. The van der Waals surface area contributed by atoms with E-state index in [2.05, 4.69) is 10.6 Å². The molecule has 0 atom stereocenters. The van der Waals surface area contributed by atoms with E-state index in [1.165, 1.54) is 12.1 Å². The van der Waals surface area contributed by atoms with Crippen molar-refractivity contribution in [3.8, 4) is 0 Å². The van der Waals surface area contributed by atoms with Gasteiger partial charge in [0.05, 0.1) is 5.56 Å². The first-order valence-electron chi connectivity index (χ1n) is 11.8. The van der Waals surface area contributed by atoms with Gasteiger partial charge in [-0.1, -0.05) is 11.6 Å². The van der Waals surface area contributed by atoms with Crippen molar-refractivity contribution in [3.05, 3.63) is 118 Å². The summed E-state index contributed by atoms with van der Waals surface area (Å²) in [6.45, 7) is 0. The van der Waals surface area contributed by atoms with Gasteiger partial charge in [-0.25, -0.2) is 4.79 Å². The molecule has 0 aromatic heterocycles. The van der Waals surface area contributed by atoms with Crippen LogP contribution in [0.5, 0.6) is 0 Å². The molecule has 0 radical (unpaired) electrons. The molecule has 0 heterocycles. The van der Waals surface area contributed by atoms with Gasteiger partial charge in [0.2, 0.25) is 0 Å². The average Bonchev–Trinajstić information content (AvgIpc) is 3.76. The highest BCUT2D eigenvalue weighted by Gasteiger charge is 2.30. The fraction of sp³-hybridized carbons (Fsp3) is 0.100. The summed E-state index contributed by atoms with van der Waals surface area (Å²) in [7, 11) is 0. The first-order chi connectivity index (χ1) is 17.9. The van der Waals surface area contributed by atoms with Crippen molar-refractivity contribution >= 4 is 51.9 Å². The molecule has 7 heteroatoms. The van der Waals surface area contributed by atoms with Crippen LogP contribution in [0, 0.1) is 5.92 Å². The number of ketones is 2. The lowest BCUT2D eigenvalue weighted by Gasteiger charge is -2.11. The Balaban J connectivity index is 1.29. The minimum absolute atomic E-state index is 0.0907. The normalized spacial score (nSPS) is 12.6. The van der Waals surface area contributed by atoms with Crippen LogP contribution in [-0.4, -0.2) is 22.6 Å². The molecule has 4 aromatic carbocycles. The predicted molar refractivity (Wildman–Crippen MR) is 145 cm³/mol. The number of halogens is 1. The van der Waals surface area contributed by atoms with Gasteiger partial charge in [0.1, 0.15) is 0 Å². The number of anilines is 4. The number of nitrogens with one attached hydrogen (secondary N) is 2. The van der Waals surface area contributed by atoms with Crippen LogP contribution in [0.2, 0.25) is 5.02 Å². The van der Waals surface area contributed by atoms with Crippen LogP contribution in [0.15, 0.2) is 91.0 Å². The third-order valence-electron chi connectivity index (χ3n) is 6.18. The standard InChI is InChI=1S/C30H23ClN2O4/c31-21-7-13-24(14-8-21)33-25-15-16-26(27(17-25)30(36)37)29(35)20-5-11-23(12-6-20)32-22-9-3-19(4-10-22)28(34)18-1-2-18/h3-18,32-33H,1-2H2,(H,36,37). The highest BCUT2D eigenvalue weighted by atomic mass is 35.5. The Bertz CT molecular complexity index is 1480. The summed E-state index contributed by atoms with van der Waals surface area (Å²) < 4.78 is 0. The summed E-state index contributed by atoms with van der Waals surface area (Å²) in [4.78, 5) is 37.3. The second-order valence-corrected chi connectivity index (χ2v) is 9.38. The zero-order valence-electron chi connectivity index (χ0n) is 19.7. The van der Waals surface area contributed by atoms with Crippen molar-refractivity contribution < 1.29 is 19.5 Å². The van der Waals surface area contributed by atoms with E-state index < -0.39 is 5.97 Å². The van der Waals surface area contributed by atoms with Gasteiger partial charge in [0.15, 0.2) is 11.6 Å². The van der Waals surface area contributed by atoms with E-state index in [1.54, 1.807) is 54.6 Å². The second kappa shape index (κ2) is 10.3. The number of benzene rings is 4. The zero-order valence-corrected chi connectivity index (χ0v) is 20.5. The largest absolute Gasteiger partial charge is 0.478 e. The molecule has 1 aliphatic carbocycles. The minimum atomic E-state index is -1.19. The number of Topliss-reactive ketones (excluding diaryl/α,β-unsaturated/α-hetero) is 1. The van der Waals surface area contributed by atoms with Gasteiger partial charge in [-0.05, 0) is 104 Å². The molecule has 1 saturated carbocycles. The second-order valence-electron chi connectivity index (χ2n) is 8.94. The fourth-order valence-electron chi connectivity index (χ4n) is 4.02. The molecule has 4 aromatic rings. The summed E-state index contributed by atoms with van der Waals surface area (Å²) in [6.07, 6.45) is 1.95. The predicted octanol–water partition coefficient (Wildman–Crippen LogP) is 7.35. The van der Waals surface area contributed by atoms with Crippen LogP contribution in [0.4, 0.5) is 22.7 Å². The Hall–Kier alpha value is -4.42. The summed E-state index contributed by atoms with van der Waals surface area (Å²) in [5.41, 5.74) is 3.97. The molecule has 6 nitrogen and oxygen atoms in total. The number of carbonyl (C=O) groups is 3. The molecule has 37 heavy (non-hydrogen) atoms. The van der Waals surface area contributed by atoms with E-state index in [0.717, 1.165) is 35.5 Å². The number of rotatable bonds is 9. The summed E-state index contributed by atoms with van der Waals surface area (Å²) in [5.74, 6) is -1.19. The van der Waals surface area contributed by atoms with E-state index in [-0.39, 0.29) is 28.6 Å². The smallest absolute Gasteiger partial charge is 0.336 e. The molecule has 3 N–H and O–H groups in total. The van der Waals surface area contributed by atoms with Crippen LogP contribution in [0.3, 0.4) is 0 Å². The van der Waals surface area contributed by atoms with Gasteiger partial charge in [0.25, 0.3) is 0 Å². The Kier molecular flexibility index (Phi) is 6.75. The quantitative estimate of drug-likeness (QED) is 0.204. The summed E-state index contributed by atoms with van der Waals surface area (Å²) in [6, 6.07) is 25.8. The van der Waals surface area contributed by atoms with Crippen molar-refractivity contribution in [2.24, 2.45) is 5.92 Å². The van der Waals surface area contributed by atoms with Gasteiger partial charge in [-0.3, -0.25) is 9.59 Å². The maximum Gasteiger partial charge on any atom is 0.336 e. The maximum absolute atomic E-state index is 13.2. The van der Waals surface area contributed by atoms with Crippen LogP contribution in [0.25, 0.3) is 0 Å². The Morgan fingerprint density at radius 3 is 1.68 bits per heavy atom. The van der Waals surface area contributed by atoms with Crippen molar-refractivity contribution in [2.75, 3.05) is 10.6 Å². The molecule has 1 fully saturated rings. The van der Waals surface area contributed by atoms with Crippen LogP contribution in [0.1, 0.15) is 49.5 Å². The number of hydrogen-bond donors (Lipinski definition) is 3. The monoisotopic (exact) mass is 510 g/mol. The van der Waals surface area contributed by atoms with Gasteiger partial charge in [-0.2, -0.15) is 0 Å². The SMILES string of the molecule is O=C(O)c1cc(Nc2ccc(Cl)cc2)ccc1C(=O)c1ccc(Nc2ccc(C(=O)C3CC3)cc2)cc1. The van der Waals surface area contributed by atoms with Crippen LogP contribution < -0.4 is 10.6 Å². The van der Waals surface area contributed by atoms with E-state index >= 15 is 0 Å². The number of carbonyl (C=O) groups excluding carboxylic acids is 2. The molecule has 0 spiro atoms. The number of carboxylic acid groups (broad SMARTS) is 1. The lowest BCUT2D eigenvalue weighted by molar-refractivity contribution is 0.0692. The molecule has 5 rings (SSSR count). The van der Waals surface area contributed by atoms with Gasteiger partial charge >= 0.3 is 5.97 Å². The van der Waals surface area contributed by atoms with E-state index in [9.17, 15) is 19.5 Å². The first-order valence-corrected chi connectivity index (χ1v) is 12.2. The molecule has 184 valence electrons. The molecule has 0 saturated heterocycles. The third-order valence-corrected chi connectivity index (χ3v) is 6.43. The zero-order chi connectivity index (χ0) is 25.9. The Labute approximate surface area is 218 Å². The van der Waals surface area contributed by atoms with Crippen molar-refractivity contribution in [1.82, 2.24) is 0 Å². The van der Waals surface area contributed by atoms with E-state index in [0.29, 0.717) is 16.3 Å². The lowest BCUT2D eigenvalue weighted by Crippen LogP contribution is -2.10. The molecular weight excluding hydrogens is 488 g/mol. The summed E-state index contributed by atoms with van der Waals surface area (Å²) in [5, 5.41) is 16.7. The number of carboxylic acids is 1. The minimum Gasteiger partial charge on any atom is -0.478 e. The van der Waals surface area contributed by atoms with E-state index in [4.69, 9.17) is 11.6 Å². The average molecular weight is 511 g/mol. The van der Waals surface area contributed by atoms with Crippen molar-refractivity contribution in [1.29, 1.82) is 0 Å². The lowest BCUT2D eigenvalue weighted by atomic mass is 9.97. The third kappa shape index (κ3) is 5.71. The molecule has 1 aliphatic rings. The number of hydrogen-bond acceptors (Lipinski definition) is 5. The highest BCUT2D eigenvalue weighted by Crippen LogP contribution is 2.33. The molecular formula is C30H23ClN2O4. The first kappa shape index (κ1) is 24.3.